The van der Waals surface area contributed by atoms with Gasteiger partial charge in [0.15, 0.2) is 0 Å². The molecule has 3 heteroatoms. The first-order chi connectivity index (χ1) is 9.19. The van der Waals surface area contributed by atoms with Crippen LogP contribution in [0.3, 0.4) is 0 Å². The molecule has 0 radical (unpaired) electrons. The average Bonchev–Trinajstić information content (AvgIpc) is 3.16. The molecular formula is C16H20N2O. The van der Waals surface area contributed by atoms with Crippen molar-refractivity contribution in [3.05, 3.63) is 29.3 Å². The standard InChI is InChI=1S/C16H20N2O/c1-10-2-4-13(17-9-10)11-3-5-14-12(8-11)16(6-7-16)15(19)18-14/h3,5,8,10,13,17H,2,4,6-7,9H2,1H3,(H,18,19). The predicted molar refractivity (Wildman–Crippen MR) is 75.1 cm³/mol. The number of nitrogens with one attached hydrogen (secondary N) is 2. The second kappa shape index (κ2) is 3.83. The van der Waals surface area contributed by atoms with Gasteiger partial charge in [-0.2, -0.15) is 0 Å². The van der Waals surface area contributed by atoms with E-state index in [2.05, 4.69) is 35.8 Å². The Morgan fingerprint density at radius 2 is 2.11 bits per heavy atom. The van der Waals surface area contributed by atoms with Crippen LogP contribution in [0.4, 0.5) is 5.69 Å². The van der Waals surface area contributed by atoms with E-state index in [1.165, 1.54) is 24.0 Å². The number of anilines is 1. The molecule has 2 aliphatic heterocycles. The van der Waals surface area contributed by atoms with E-state index in [9.17, 15) is 4.79 Å². The molecule has 3 aliphatic rings. The highest BCUT2D eigenvalue weighted by Gasteiger charge is 2.56. The van der Waals surface area contributed by atoms with Crippen LogP contribution in [0.2, 0.25) is 0 Å². The Morgan fingerprint density at radius 1 is 1.26 bits per heavy atom. The topological polar surface area (TPSA) is 41.1 Å². The number of fused-ring (bicyclic) bond motifs is 2. The number of hydrogen-bond donors (Lipinski definition) is 2. The molecule has 1 amide bonds. The van der Waals surface area contributed by atoms with Crippen molar-refractivity contribution in [3.63, 3.8) is 0 Å². The number of carbonyl (C=O) groups excluding carboxylic acids is 1. The van der Waals surface area contributed by atoms with Gasteiger partial charge in [-0.15, -0.1) is 0 Å². The Hall–Kier alpha value is -1.35. The third-order valence-electron chi connectivity index (χ3n) is 5.06. The molecular weight excluding hydrogens is 236 g/mol. The van der Waals surface area contributed by atoms with Crippen molar-refractivity contribution in [1.82, 2.24) is 5.32 Å². The predicted octanol–water partition coefficient (Wildman–Crippen LogP) is 2.73. The lowest BCUT2D eigenvalue weighted by Crippen LogP contribution is -2.31. The monoisotopic (exact) mass is 256 g/mol. The molecule has 0 bridgehead atoms. The van der Waals surface area contributed by atoms with Crippen molar-refractivity contribution < 1.29 is 4.79 Å². The van der Waals surface area contributed by atoms with Crippen LogP contribution in [0.15, 0.2) is 18.2 Å². The van der Waals surface area contributed by atoms with Gasteiger partial charge >= 0.3 is 0 Å². The van der Waals surface area contributed by atoms with Crippen molar-refractivity contribution in [2.75, 3.05) is 11.9 Å². The molecule has 3 nitrogen and oxygen atoms in total. The van der Waals surface area contributed by atoms with Gasteiger partial charge in [-0.05, 0) is 55.3 Å². The fraction of sp³-hybridized carbons (Fsp3) is 0.562. The van der Waals surface area contributed by atoms with Crippen molar-refractivity contribution in [3.8, 4) is 0 Å². The van der Waals surface area contributed by atoms with E-state index < -0.39 is 0 Å². The molecule has 1 aliphatic carbocycles. The SMILES string of the molecule is CC1CCC(c2ccc3c(c2)C2(CC2)C(=O)N3)NC1. The number of piperidine rings is 1. The van der Waals surface area contributed by atoms with Crippen LogP contribution in [0.1, 0.15) is 49.8 Å². The summed E-state index contributed by atoms with van der Waals surface area (Å²) in [6, 6.07) is 7.00. The molecule has 1 aromatic rings. The van der Waals surface area contributed by atoms with Gasteiger partial charge in [0, 0.05) is 11.7 Å². The van der Waals surface area contributed by atoms with Gasteiger partial charge in [0.2, 0.25) is 5.91 Å². The van der Waals surface area contributed by atoms with Gasteiger partial charge in [-0.25, -0.2) is 0 Å². The van der Waals surface area contributed by atoms with Gasteiger partial charge in [0.25, 0.3) is 0 Å². The summed E-state index contributed by atoms with van der Waals surface area (Å²) in [6.45, 7) is 3.40. The minimum Gasteiger partial charge on any atom is -0.325 e. The van der Waals surface area contributed by atoms with Crippen LogP contribution in [-0.2, 0) is 10.2 Å². The van der Waals surface area contributed by atoms with E-state index in [1.54, 1.807) is 0 Å². The van der Waals surface area contributed by atoms with Crippen LogP contribution in [0, 0.1) is 5.92 Å². The summed E-state index contributed by atoms with van der Waals surface area (Å²) in [7, 11) is 0. The first-order valence-electron chi connectivity index (χ1n) is 7.38. The first kappa shape index (κ1) is 11.5. The Bertz CT molecular complexity index is 540. The molecule has 2 N–H and O–H groups in total. The summed E-state index contributed by atoms with van der Waals surface area (Å²) >= 11 is 0. The maximum Gasteiger partial charge on any atom is 0.235 e. The summed E-state index contributed by atoms with van der Waals surface area (Å²) < 4.78 is 0. The molecule has 4 rings (SSSR count). The van der Waals surface area contributed by atoms with Gasteiger partial charge in [-0.1, -0.05) is 19.1 Å². The van der Waals surface area contributed by atoms with Crippen molar-refractivity contribution in [2.24, 2.45) is 5.92 Å². The van der Waals surface area contributed by atoms with Crippen LogP contribution in [0.25, 0.3) is 0 Å². The van der Waals surface area contributed by atoms with Crippen molar-refractivity contribution in [2.45, 2.75) is 44.1 Å². The molecule has 2 unspecified atom stereocenters. The van der Waals surface area contributed by atoms with E-state index in [4.69, 9.17) is 0 Å². The molecule has 1 aromatic carbocycles. The van der Waals surface area contributed by atoms with Crippen LogP contribution >= 0.6 is 0 Å². The summed E-state index contributed by atoms with van der Waals surface area (Å²) in [5.74, 6) is 0.994. The van der Waals surface area contributed by atoms with Crippen LogP contribution in [-0.4, -0.2) is 12.5 Å². The summed E-state index contributed by atoms with van der Waals surface area (Å²) in [6.07, 6.45) is 4.53. The van der Waals surface area contributed by atoms with Crippen LogP contribution in [0.5, 0.6) is 0 Å². The minimum atomic E-state index is -0.159. The Balaban J connectivity index is 1.66. The van der Waals surface area contributed by atoms with Crippen molar-refractivity contribution >= 4 is 11.6 Å². The first-order valence-corrected chi connectivity index (χ1v) is 7.38. The highest BCUT2D eigenvalue weighted by atomic mass is 16.2. The largest absolute Gasteiger partial charge is 0.325 e. The van der Waals surface area contributed by atoms with Crippen molar-refractivity contribution in [1.29, 1.82) is 0 Å². The second-order valence-corrected chi connectivity index (χ2v) is 6.48. The molecule has 2 fully saturated rings. The quantitative estimate of drug-likeness (QED) is 0.811. The van der Waals surface area contributed by atoms with Gasteiger partial charge < -0.3 is 10.6 Å². The lowest BCUT2D eigenvalue weighted by atomic mass is 9.89. The summed E-state index contributed by atoms with van der Waals surface area (Å²) in [5, 5.41) is 6.66. The average molecular weight is 256 g/mol. The van der Waals surface area contributed by atoms with Crippen LogP contribution < -0.4 is 10.6 Å². The summed E-state index contributed by atoms with van der Waals surface area (Å²) in [4.78, 5) is 12.0. The molecule has 19 heavy (non-hydrogen) atoms. The zero-order valence-electron chi connectivity index (χ0n) is 11.3. The number of hydrogen-bond acceptors (Lipinski definition) is 2. The highest BCUT2D eigenvalue weighted by molar-refractivity contribution is 6.08. The number of benzene rings is 1. The fourth-order valence-electron chi connectivity index (χ4n) is 3.55. The number of rotatable bonds is 1. The lowest BCUT2D eigenvalue weighted by molar-refractivity contribution is -0.117. The van der Waals surface area contributed by atoms with E-state index in [0.717, 1.165) is 31.0 Å². The smallest absolute Gasteiger partial charge is 0.235 e. The Kier molecular flexibility index (Phi) is 2.31. The molecule has 100 valence electrons. The lowest BCUT2D eigenvalue weighted by Gasteiger charge is -2.28. The number of amides is 1. The fourth-order valence-corrected chi connectivity index (χ4v) is 3.55. The molecule has 2 heterocycles. The third-order valence-corrected chi connectivity index (χ3v) is 5.06. The Morgan fingerprint density at radius 3 is 2.79 bits per heavy atom. The Labute approximate surface area is 113 Å². The van der Waals surface area contributed by atoms with E-state index in [-0.39, 0.29) is 11.3 Å². The molecule has 2 atom stereocenters. The molecule has 1 spiro atoms. The van der Waals surface area contributed by atoms with E-state index in [0.29, 0.717) is 6.04 Å². The zero-order valence-corrected chi connectivity index (χ0v) is 11.3. The molecule has 0 aromatic heterocycles. The third kappa shape index (κ3) is 1.64. The maximum absolute atomic E-state index is 12.0. The minimum absolute atomic E-state index is 0.159. The molecule has 1 saturated carbocycles. The normalized spacial score (nSPS) is 31.1. The van der Waals surface area contributed by atoms with Gasteiger partial charge in [0.1, 0.15) is 0 Å². The van der Waals surface area contributed by atoms with E-state index in [1.807, 2.05) is 0 Å². The van der Waals surface area contributed by atoms with Gasteiger partial charge in [-0.3, -0.25) is 4.79 Å². The zero-order chi connectivity index (χ0) is 13.0. The summed E-state index contributed by atoms with van der Waals surface area (Å²) in [5.41, 5.74) is 3.48. The highest BCUT2D eigenvalue weighted by Crippen LogP contribution is 2.55. The molecule has 1 saturated heterocycles. The van der Waals surface area contributed by atoms with Gasteiger partial charge in [0.05, 0.1) is 5.41 Å². The number of carbonyl (C=O) groups is 1. The van der Waals surface area contributed by atoms with E-state index >= 15 is 0 Å². The maximum atomic E-state index is 12.0. The second-order valence-electron chi connectivity index (χ2n) is 6.48.